The number of carbonyl (C=O) groups excluding carboxylic acids is 2. The van der Waals surface area contributed by atoms with E-state index in [0.717, 1.165) is 58.2 Å². The second-order valence-corrected chi connectivity index (χ2v) is 9.09. The Balaban J connectivity index is 2.18. The monoisotopic (exact) mass is 439 g/mol. The number of rotatable bonds is 12. The highest BCUT2D eigenvalue weighted by Gasteiger charge is 2.10. The first kappa shape index (κ1) is 27.9. The molecule has 0 atom stereocenters. The quantitative estimate of drug-likeness (QED) is 0.259. The molecule has 0 bridgehead atoms. The molecule has 1 saturated heterocycles. The summed E-state index contributed by atoms with van der Waals surface area (Å²) >= 11 is 0. The van der Waals surface area contributed by atoms with Gasteiger partial charge in [-0.15, -0.1) is 0 Å². The van der Waals surface area contributed by atoms with Gasteiger partial charge in [0.2, 0.25) is 0 Å². The fraction of sp³-hybridized carbons (Fsp3) is 0.923. The molecular formula is C26H49NO4. The number of hydrogen-bond acceptors (Lipinski definition) is 5. The molecular weight excluding hydrogens is 390 g/mol. The molecule has 1 heterocycles. The van der Waals surface area contributed by atoms with E-state index in [1.54, 1.807) is 0 Å². The first-order valence-corrected chi connectivity index (χ1v) is 13.3. The Hall–Kier alpha value is -1.10. The van der Waals surface area contributed by atoms with Gasteiger partial charge in [-0.3, -0.25) is 14.5 Å². The van der Waals surface area contributed by atoms with E-state index in [2.05, 4.69) is 11.8 Å². The molecule has 1 rings (SSSR count). The smallest absolute Gasteiger partial charge is 0.305 e. The van der Waals surface area contributed by atoms with Crippen LogP contribution in [0.2, 0.25) is 0 Å². The number of hydrogen-bond donors (Lipinski definition) is 0. The fourth-order valence-electron chi connectivity index (χ4n) is 4.13. The summed E-state index contributed by atoms with van der Waals surface area (Å²) in [7, 11) is 0. The average molecular weight is 440 g/mol. The Labute approximate surface area is 191 Å². The molecule has 0 radical (unpaired) electrons. The van der Waals surface area contributed by atoms with Crippen LogP contribution in [-0.2, 0) is 19.1 Å². The third kappa shape index (κ3) is 18.2. The Morgan fingerprint density at radius 1 is 0.613 bits per heavy atom. The first-order chi connectivity index (χ1) is 15.2. The van der Waals surface area contributed by atoms with Crippen molar-refractivity contribution in [2.24, 2.45) is 0 Å². The molecule has 0 aliphatic carbocycles. The number of ether oxygens (including phenoxy) is 2. The maximum atomic E-state index is 11.9. The van der Waals surface area contributed by atoms with Gasteiger partial charge in [-0.25, -0.2) is 0 Å². The van der Waals surface area contributed by atoms with Gasteiger partial charge in [0.1, 0.15) is 13.2 Å². The van der Waals surface area contributed by atoms with Gasteiger partial charge in [-0.05, 0) is 25.8 Å². The van der Waals surface area contributed by atoms with Gasteiger partial charge >= 0.3 is 11.9 Å². The zero-order valence-electron chi connectivity index (χ0n) is 20.3. The van der Waals surface area contributed by atoms with Crippen molar-refractivity contribution in [1.82, 2.24) is 4.90 Å². The maximum absolute atomic E-state index is 11.9. The molecule has 31 heavy (non-hydrogen) atoms. The molecule has 0 N–H and O–H groups in total. The van der Waals surface area contributed by atoms with Gasteiger partial charge in [-0.1, -0.05) is 90.4 Å². The van der Waals surface area contributed by atoms with E-state index >= 15 is 0 Å². The van der Waals surface area contributed by atoms with Crippen LogP contribution in [0.3, 0.4) is 0 Å². The van der Waals surface area contributed by atoms with Crippen LogP contribution in [-0.4, -0.2) is 49.7 Å². The average Bonchev–Trinajstić information content (AvgIpc) is 2.75. The summed E-state index contributed by atoms with van der Waals surface area (Å²) in [6, 6.07) is 0. The van der Waals surface area contributed by atoms with Crippen LogP contribution in [0.1, 0.15) is 122 Å². The second kappa shape index (κ2) is 20.8. The van der Waals surface area contributed by atoms with E-state index in [1.165, 1.54) is 64.2 Å². The van der Waals surface area contributed by atoms with Crippen molar-refractivity contribution >= 4 is 11.9 Å². The third-order valence-corrected chi connectivity index (χ3v) is 6.18. The fourth-order valence-corrected chi connectivity index (χ4v) is 4.13. The topological polar surface area (TPSA) is 55.8 Å². The first-order valence-electron chi connectivity index (χ1n) is 13.3. The lowest BCUT2D eigenvalue weighted by atomic mass is 10.1. The minimum absolute atomic E-state index is 0.0758. The summed E-state index contributed by atoms with van der Waals surface area (Å²) in [5.41, 5.74) is 0. The lowest BCUT2D eigenvalue weighted by Gasteiger charge is -2.22. The zero-order chi connectivity index (χ0) is 22.4. The molecule has 1 fully saturated rings. The van der Waals surface area contributed by atoms with Crippen LogP contribution < -0.4 is 0 Å². The molecule has 0 amide bonds. The standard InChI is InChI=1S/C26H49NO4/c1-2-3-4-5-6-7-8-9-10-14-17-20-27-21-23-30-25(28)18-15-12-11-13-16-19-26(29)31-24-22-27/h2-24H2,1H3. The Morgan fingerprint density at radius 2 is 1.03 bits per heavy atom. The van der Waals surface area contributed by atoms with E-state index in [9.17, 15) is 9.59 Å². The van der Waals surface area contributed by atoms with Crippen LogP contribution in [0.4, 0.5) is 0 Å². The van der Waals surface area contributed by atoms with Gasteiger partial charge in [0.25, 0.3) is 0 Å². The highest BCUT2D eigenvalue weighted by molar-refractivity contribution is 5.69. The van der Waals surface area contributed by atoms with Crippen LogP contribution in [0.15, 0.2) is 0 Å². The van der Waals surface area contributed by atoms with E-state index in [1.807, 2.05) is 0 Å². The third-order valence-electron chi connectivity index (χ3n) is 6.18. The van der Waals surface area contributed by atoms with E-state index < -0.39 is 0 Å². The highest BCUT2D eigenvalue weighted by Crippen LogP contribution is 2.12. The Bertz CT molecular complexity index is 415. The van der Waals surface area contributed by atoms with Gasteiger partial charge in [0, 0.05) is 25.9 Å². The molecule has 0 aromatic heterocycles. The van der Waals surface area contributed by atoms with Crippen LogP contribution >= 0.6 is 0 Å². The normalized spacial score (nSPS) is 18.5. The minimum atomic E-state index is -0.0758. The Kier molecular flexibility index (Phi) is 18.7. The maximum Gasteiger partial charge on any atom is 0.305 e. The van der Waals surface area contributed by atoms with Gasteiger partial charge in [0.15, 0.2) is 0 Å². The van der Waals surface area contributed by atoms with Crippen molar-refractivity contribution in [2.45, 2.75) is 122 Å². The SMILES string of the molecule is CCCCCCCCCCCCCN1CCOC(=O)CCCCCCCC(=O)OCC1. The van der Waals surface area contributed by atoms with Crippen molar-refractivity contribution in [1.29, 1.82) is 0 Å². The molecule has 0 unspecified atom stereocenters. The lowest BCUT2D eigenvalue weighted by molar-refractivity contribution is -0.144. The number of carbonyl (C=O) groups is 2. The summed E-state index contributed by atoms with van der Waals surface area (Å²) < 4.78 is 10.8. The molecule has 5 nitrogen and oxygen atoms in total. The van der Waals surface area contributed by atoms with Crippen molar-refractivity contribution in [3.63, 3.8) is 0 Å². The van der Waals surface area contributed by atoms with Gasteiger partial charge in [0.05, 0.1) is 0 Å². The number of esters is 2. The molecule has 0 aromatic rings. The van der Waals surface area contributed by atoms with E-state index in [4.69, 9.17) is 9.47 Å². The number of cyclic esters (lactones) is 2. The predicted molar refractivity (Wildman–Crippen MR) is 127 cm³/mol. The molecule has 5 heteroatoms. The Morgan fingerprint density at radius 3 is 1.52 bits per heavy atom. The second-order valence-electron chi connectivity index (χ2n) is 9.09. The molecule has 0 spiro atoms. The molecule has 182 valence electrons. The van der Waals surface area contributed by atoms with Crippen LogP contribution in [0.25, 0.3) is 0 Å². The number of unbranched alkanes of at least 4 members (excludes halogenated alkanes) is 10. The van der Waals surface area contributed by atoms with Crippen molar-refractivity contribution in [3.8, 4) is 0 Å². The molecule has 0 aromatic carbocycles. The summed E-state index contributed by atoms with van der Waals surface area (Å²) in [5.74, 6) is -0.152. The van der Waals surface area contributed by atoms with E-state index in [-0.39, 0.29) is 11.9 Å². The lowest BCUT2D eigenvalue weighted by Crippen LogP contribution is -2.33. The summed E-state index contributed by atoms with van der Waals surface area (Å²) in [6.07, 6.45) is 20.6. The van der Waals surface area contributed by atoms with Crippen LogP contribution in [0, 0.1) is 0 Å². The highest BCUT2D eigenvalue weighted by atomic mass is 16.5. The van der Waals surface area contributed by atoms with Crippen molar-refractivity contribution in [3.05, 3.63) is 0 Å². The van der Waals surface area contributed by atoms with Crippen molar-refractivity contribution < 1.29 is 19.1 Å². The van der Waals surface area contributed by atoms with E-state index in [0.29, 0.717) is 26.1 Å². The van der Waals surface area contributed by atoms with Crippen molar-refractivity contribution in [2.75, 3.05) is 32.8 Å². The largest absolute Gasteiger partial charge is 0.464 e. The molecule has 1 aliphatic rings. The molecule has 1 aliphatic heterocycles. The summed E-state index contributed by atoms with van der Waals surface area (Å²) in [6.45, 7) is 5.56. The zero-order valence-corrected chi connectivity index (χ0v) is 20.3. The summed E-state index contributed by atoms with van der Waals surface area (Å²) in [5, 5.41) is 0. The molecule has 0 saturated carbocycles. The number of nitrogens with zero attached hydrogens (tertiary/aromatic N) is 1. The van der Waals surface area contributed by atoms with Gasteiger partial charge in [-0.2, -0.15) is 0 Å². The van der Waals surface area contributed by atoms with Gasteiger partial charge < -0.3 is 9.47 Å². The predicted octanol–water partition coefficient (Wildman–Crippen LogP) is 6.43. The minimum Gasteiger partial charge on any atom is -0.464 e. The summed E-state index contributed by atoms with van der Waals surface area (Å²) in [4.78, 5) is 26.0. The van der Waals surface area contributed by atoms with Crippen LogP contribution in [0.5, 0.6) is 0 Å².